The van der Waals surface area contributed by atoms with E-state index in [2.05, 4.69) is 5.43 Å². The van der Waals surface area contributed by atoms with Crippen LogP contribution in [-0.4, -0.2) is 11.7 Å². The molecule has 0 aliphatic heterocycles. The number of rotatable bonds is 7. The first-order valence-electron chi connectivity index (χ1n) is 5.60. The molecule has 5 heteroatoms. The normalized spacial score (nSPS) is 10.2. The van der Waals surface area contributed by atoms with Crippen LogP contribution in [0, 0.1) is 5.82 Å². The second-order valence-electron chi connectivity index (χ2n) is 3.68. The number of carbonyl (C=O) groups excluding carboxylic acids is 1. The number of carbonyl (C=O) groups is 1. The van der Waals surface area contributed by atoms with Gasteiger partial charge in [0.05, 0.1) is 0 Å². The lowest BCUT2D eigenvalue weighted by Gasteiger charge is -2.02. The molecule has 3 N–H and O–H groups in total. The highest BCUT2D eigenvalue weighted by Gasteiger charge is 1.98. The van der Waals surface area contributed by atoms with Crippen LogP contribution in [-0.2, 0) is 4.79 Å². The highest BCUT2D eigenvalue weighted by molar-refractivity contribution is 7.99. The van der Waals surface area contributed by atoms with Crippen LogP contribution in [0.25, 0.3) is 0 Å². The minimum Gasteiger partial charge on any atom is -0.294 e. The van der Waals surface area contributed by atoms with E-state index in [1.165, 1.54) is 12.1 Å². The van der Waals surface area contributed by atoms with Crippen molar-refractivity contribution in [2.45, 2.75) is 30.6 Å². The molecule has 0 atom stereocenters. The average Bonchev–Trinajstić information content (AvgIpc) is 2.35. The van der Waals surface area contributed by atoms with Crippen molar-refractivity contribution in [3.63, 3.8) is 0 Å². The maximum Gasteiger partial charge on any atom is 0.233 e. The van der Waals surface area contributed by atoms with Gasteiger partial charge in [-0.25, -0.2) is 10.2 Å². The predicted molar refractivity (Wildman–Crippen MR) is 67.9 cm³/mol. The maximum absolute atomic E-state index is 12.6. The van der Waals surface area contributed by atoms with Gasteiger partial charge in [0.2, 0.25) is 5.91 Å². The topological polar surface area (TPSA) is 55.1 Å². The van der Waals surface area contributed by atoms with Crippen molar-refractivity contribution in [3.8, 4) is 0 Å². The summed E-state index contributed by atoms with van der Waals surface area (Å²) in [5.74, 6) is 5.63. The molecule has 1 aromatic rings. The number of hydrogen-bond donors (Lipinski definition) is 2. The Bertz CT molecular complexity index is 343. The fourth-order valence-electron chi connectivity index (χ4n) is 1.36. The zero-order valence-corrected chi connectivity index (χ0v) is 10.4. The molecule has 94 valence electrons. The second-order valence-corrected chi connectivity index (χ2v) is 4.85. The summed E-state index contributed by atoms with van der Waals surface area (Å²) in [7, 11) is 0. The molecule has 0 saturated heterocycles. The number of halogens is 1. The van der Waals surface area contributed by atoms with E-state index in [0.717, 1.165) is 29.9 Å². The lowest BCUT2D eigenvalue weighted by atomic mass is 10.2. The third-order valence-corrected chi connectivity index (χ3v) is 3.39. The van der Waals surface area contributed by atoms with Gasteiger partial charge in [-0.2, -0.15) is 0 Å². The first-order valence-corrected chi connectivity index (χ1v) is 6.59. The summed E-state index contributed by atoms with van der Waals surface area (Å²) < 4.78 is 12.6. The van der Waals surface area contributed by atoms with Crippen LogP contribution in [0.2, 0.25) is 0 Å². The molecule has 1 aromatic carbocycles. The van der Waals surface area contributed by atoms with Gasteiger partial charge < -0.3 is 0 Å². The van der Waals surface area contributed by atoms with Gasteiger partial charge in [0.25, 0.3) is 0 Å². The van der Waals surface area contributed by atoms with Crippen LogP contribution in [0.5, 0.6) is 0 Å². The molecule has 17 heavy (non-hydrogen) atoms. The van der Waals surface area contributed by atoms with Crippen molar-refractivity contribution in [1.29, 1.82) is 0 Å². The highest BCUT2D eigenvalue weighted by atomic mass is 32.2. The molecular weight excluding hydrogens is 239 g/mol. The molecule has 0 unspecified atom stereocenters. The fourth-order valence-corrected chi connectivity index (χ4v) is 2.27. The molecule has 0 radical (unpaired) electrons. The lowest BCUT2D eigenvalue weighted by Crippen LogP contribution is -2.29. The minimum atomic E-state index is -0.206. The Morgan fingerprint density at radius 3 is 2.59 bits per heavy atom. The van der Waals surface area contributed by atoms with Crippen LogP contribution in [0.1, 0.15) is 25.7 Å². The van der Waals surface area contributed by atoms with Crippen molar-refractivity contribution < 1.29 is 9.18 Å². The summed E-state index contributed by atoms with van der Waals surface area (Å²) >= 11 is 1.70. The van der Waals surface area contributed by atoms with Crippen molar-refractivity contribution in [3.05, 3.63) is 30.1 Å². The first kappa shape index (κ1) is 14.0. The minimum absolute atomic E-state index is 0.115. The van der Waals surface area contributed by atoms with Gasteiger partial charge in [-0.15, -0.1) is 11.8 Å². The third-order valence-electron chi connectivity index (χ3n) is 2.29. The second kappa shape index (κ2) is 8.08. The summed E-state index contributed by atoms with van der Waals surface area (Å²) in [5.41, 5.74) is 2.11. The monoisotopic (exact) mass is 256 g/mol. The SMILES string of the molecule is NNC(=O)CCCCCSc1ccc(F)cc1. The number of unbranched alkanes of at least 4 members (excludes halogenated alkanes) is 2. The summed E-state index contributed by atoms with van der Waals surface area (Å²) in [5, 5.41) is 0. The quantitative estimate of drug-likeness (QED) is 0.259. The molecule has 0 bridgehead atoms. The first-order chi connectivity index (χ1) is 8.22. The number of thioether (sulfide) groups is 1. The molecule has 0 aromatic heterocycles. The van der Waals surface area contributed by atoms with E-state index in [-0.39, 0.29) is 11.7 Å². The lowest BCUT2D eigenvalue weighted by molar-refractivity contribution is -0.121. The number of hydrogen-bond acceptors (Lipinski definition) is 3. The van der Waals surface area contributed by atoms with Crippen molar-refractivity contribution in [2.75, 3.05) is 5.75 Å². The van der Waals surface area contributed by atoms with Gasteiger partial charge in [0.15, 0.2) is 0 Å². The van der Waals surface area contributed by atoms with Gasteiger partial charge in [0.1, 0.15) is 5.82 Å². The third kappa shape index (κ3) is 6.28. The zero-order chi connectivity index (χ0) is 12.5. The smallest absolute Gasteiger partial charge is 0.233 e. The molecule has 0 fully saturated rings. The summed E-state index contributed by atoms with van der Waals surface area (Å²) in [6.07, 6.45) is 3.38. The Hall–Kier alpha value is -1.07. The molecule has 3 nitrogen and oxygen atoms in total. The Morgan fingerprint density at radius 2 is 1.94 bits per heavy atom. The van der Waals surface area contributed by atoms with E-state index >= 15 is 0 Å². The van der Waals surface area contributed by atoms with Crippen LogP contribution < -0.4 is 11.3 Å². The van der Waals surface area contributed by atoms with Gasteiger partial charge in [-0.1, -0.05) is 6.42 Å². The van der Waals surface area contributed by atoms with Crippen LogP contribution in [0.4, 0.5) is 4.39 Å². The molecular formula is C12H17FN2OS. The van der Waals surface area contributed by atoms with E-state index in [0.29, 0.717) is 6.42 Å². The number of hydrazine groups is 1. The fraction of sp³-hybridized carbons (Fsp3) is 0.417. The van der Waals surface area contributed by atoms with Crippen LogP contribution in [0.3, 0.4) is 0 Å². The largest absolute Gasteiger partial charge is 0.294 e. The summed E-state index contributed by atoms with van der Waals surface area (Å²) in [6.45, 7) is 0. The van der Waals surface area contributed by atoms with E-state index in [1.54, 1.807) is 23.9 Å². The summed E-state index contributed by atoms with van der Waals surface area (Å²) in [4.78, 5) is 11.9. The maximum atomic E-state index is 12.6. The average molecular weight is 256 g/mol. The number of nitrogens with one attached hydrogen (secondary N) is 1. The van der Waals surface area contributed by atoms with E-state index in [1.807, 2.05) is 0 Å². The molecule has 0 aliphatic rings. The number of nitrogens with two attached hydrogens (primary N) is 1. The number of benzene rings is 1. The number of amides is 1. The van der Waals surface area contributed by atoms with Gasteiger partial charge in [-0.05, 0) is 42.9 Å². The van der Waals surface area contributed by atoms with E-state index < -0.39 is 0 Å². The van der Waals surface area contributed by atoms with Crippen molar-refractivity contribution in [1.82, 2.24) is 5.43 Å². The predicted octanol–water partition coefficient (Wildman–Crippen LogP) is 2.47. The Morgan fingerprint density at radius 1 is 1.24 bits per heavy atom. The van der Waals surface area contributed by atoms with Gasteiger partial charge in [0, 0.05) is 11.3 Å². The Balaban J connectivity index is 2.04. The van der Waals surface area contributed by atoms with E-state index in [4.69, 9.17) is 5.84 Å². The summed E-state index contributed by atoms with van der Waals surface area (Å²) in [6, 6.07) is 6.49. The molecule has 1 amide bonds. The zero-order valence-electron chi connectivity index (χ0n) is 9.62. The van der Waals surface area contributed by atoms with Crippen LogP contribution >= 0.6 is 11.8 Å². The van der Waals surface area contributed by atoms with Crippen molar-refractivity contribution >= 4 is 17.7 Å². The molecule has 1 rings (SSSR count). The van der Waals surface area contributed by atoms with Crippen LogP contribution in [0.15, 0.2) is 29.2 Å². The molecule has 0 heterocycles. The molecule has 0 spiro atoms. The Kier molecular flexibility index (Phi) is 6.65. The standard InChI is InChI=1S/C12H17FN2OS/c13-10-5-7-11(8-6-10)17-9-3-1-2-4-12(16)15-14/h5-8H,1-4,9,14H2,(H,15,16). The van der Waals surface area contributed by atoms with Crippen molar-refractivity contribution in [2.24, 2.45) is 5.84 Å². The highest BCUT2D eigenvalue weighted by Crippen LogP contribution is 2.19. The molecule has 0 aliphatic carbocycles. The van der Waals surface area contributed by atoms with E-state index in [9.17, 15) is 9.18 Å². The molecule has 0 saturated carbocycles. The van der Waals surface area contributed by atoms with Gasteiger partial charge >= 0.3 is 0 Å². The Labute approximate surface area is 105 Å². The van der Waals surface area contributed by atoms with Gasteiger partial charge in [-0.3, -0.25) is 10.2 Å².